The summed E-state index contributed by atoms with van der Waals surface area (Å²) in [5, 5.41) is 18.0. The van der Waals surface area contributed by atoms with Crippen molar-refractivity contribution < 1.29 is 24.2 Å². The largest absolute Gasteiger partial charge is 0.494 e. The molecule has 144 valence electrons. The van der Waals surface area contributed by atoms with Crippen molar-refractivity contribution in [2.45, 2.75) is 6.92 Å². The number of benzene rings is 2. The molecular formula is C18H16N4O6. The summed E-state index contributed by atoms with van der Waals surface area (Å²) in [6.07, 6.45) is 0. The molecule has 0 aromatic heterocycles. The molecule has 0 heterocycles. The predicted octanol–water partition coefficient (Wildman–Crippen LogP) is 2.79. The number of carbonyl (C=O) groups excluding carboxylic acids is 2. The highest BCUT2D eigenvalue weighted by Gasteiger charge is 2.18. The van der Waals surface area contributed by atoms with Gasteiger partial charge in [0, 0.05) is 18.7 Å². The molecule has 0 aliphatic carbocycles. The number of nitrogens with zero attached hydrogens (tertiary/aromatic N) is 2. The lowest BCUT2D eigenvalue weighted by Gasteiger charge is -2.10. The van der Waals surface area contributed by atoms with E-state index in [-0.39, 0.29) is 22.7 Å². The lowest BCUT2D eigenvalue weighted by atomic mass is 10.2. The van der Waals surface area contributed by atoms with Gasteiger partial charge in [-0.2, -0.15) is 5.10 Å². The second-order valence-electron chi connectivity index (χ2n) is 5.44. The van der Waals surface area contributed by atoms with E-state index in [1.54, 1.807) is 0 Å². The maximum Gasteiger partial charge on any atom is 0.335 e. The van der Waals surface area contributed by atoms with E-state index in [1.165, 1.54) is 49.6 Å². The fourth-order valence-corrected chi connectivity index (χ4v) is 2.15. The molecule has 1 amide bonds. The first kappa shape index (κ1) is 20.2. The first-order chi connectivity index (χ1) is 13.3. The summed E-state index contributed by atoms with van der Waals surface area (Å²) in [5.74, 6) is -2.37. The SMILES string of the molecule is COc1cc(N=O)ccc1N/N=C(/C(C)=O)C(=O)Nc1cccc(C(=O)O)c1. The summed E-state index contributed by atoms with van der Waals surface area (Å²) in [6.45, 7) is 1.16. The zero-order valence-electron chi connectivity index (χ0n) is 14.9. The Morgan fingerprint density at radius 1 is 1.11 bits per heavy atom. The van der Waals surface area contributed by atoms with E-state index in [9.17, 15) is 19.3 Å². The van der Waals surface area contributed by atoms with Gasteiger partial charge >= 0.3 is 5.97 Å². The van der Waals surface area contributed by atoms with Gasteiger partial charge in [0.05, 0.1) is 18.4 Å². The number of carboxylic acid groups (broad SMARTS) is 1. The summed E-state index contributed by atoms with van der Waals surface area (Å²) in [5.41, 5.74) is 2.70. The van der Waals surface area contributed by atoms with Crippen molar-refractivity contribution in [2.75, 3.05) is 17.9 Å². The molecule has 28 heavy (non-hydrogen) atoms. The van der Waals surface area contributed by atoms with Gasteiger partial charge in [0.2, 0.25) is 0 Å². The van der Waals surface area contributed by atoms with Gasteiger partial charge in [-0.1, -0.05) is 6.07 Å². The molecule has 0 saturated carbocycles. The van der Waals surface area contributed by atoms with Crippen molar-refractivity contribution >= 4 is 40.4 Å². The third-order valence-electron chi connectivity index (χ3n) is 3.49. The Morgan fingerprint density at radius 3 is 2.46 bits per heavy atom. The minimum atomic E-state index is -1.15. The maximum atomic E-state index is 12.4. The highest BCUT2D eigenvalue weighted by atomic mass is 16.5. The third-order valence-corrected chi connectivity index (χ3v) is 3.49. The molecule has 0 aliphatic heterocycles. The molecule has 0 saturated heterocycles. The van der Waals surface area contributed by atoms with Crippen molar-refractivity contribution in [3.63, 3.8) is 0 Å². The number of methoxy groups -OCH3 is 1. The Morgan fingerprint density at radius 2 is 1.86 bits per heavy atom. The van der Waals surface area contributed by atoms with Crippen LogP contribution in [0.5, 0.6) is 5.75 Å². The van der Waals surface area contributed by atoms with Crippen LogP contribution in [0.1, 0.15) is 17.3 Å². The topological polar surface area (TPSA) is 147 Å². The number of carboxylic acids is 1. The summed E-state index contributed by atoms with van der Waals surface area (Å²) in [7, 11) is 1.37. The number of hydrogen-bond acceptors (Lipinski definition) is 8. The number of aromatic carboxylic acids is 1. The third kappa shape index (κ3) is 4.97. The van der Waals surface area contributed by atoms with Crippen LogP contribution in [0, 0.1) is 4.91 Å². The number of amides is 1. The Kier molecular flexibility index (Phi) is 6.53. The van der Waals surface area contributed by atoms with Gasteiger partial charge < -0.3 is 15.2 Å². The minimum Gasteiger partial charge on any atom is -0.494 e. The second-order valence-corrected chi connectivity index (χ2v) is 5.44. The van der Waals surface area contributed by atoms with Crippen LogP contribution < -0.4 is 15.5 Å². The number of ketones is 1. The molecule has 10 heteroatoms. The van der Waals surface area contributed by atoms with Crippen LogP contribution in [0.4, 0.5) is 17.1 Å². The van der Waals surface area contributed by atoms with Crippen LogP contribution in [-0.2, 0) is 9.59 Å². The van der Waals surface area contributed by atoms with E-state index in [4.69, 9.17) is 9.84 Å². The van der Waals surface area contributed by atoms with Crippen LogP contribution in [0.15, 0.2) is 52.7 Å². The van der Waals surface area contributed by atoms with Gasteiger partial charge in [0.25, 0.3) is 5.91 Å². The number of rotatable bonds is 8. The molecule has 0 aliphatic rings. The smallest absolute Gasteiger partial charge is 0.335 e. The number of Topliss-reactive ketones (excluding diaryl/α,β-unsaturated/α-hetero) is 1. The highest BCUT2D eigenvalue weighted by Crippen LogP contribution is 2.29. The lowest BCUT2D eigenvalue weighted by molar-refractivity contribution is -0.114. The van der Waals surface area contributed by atoms with Crippen LogP contribution in [0.25, 0.3) is 0 Å². The fraction of sp³-hybridized carbons (Fsp3) is 0.111. The first-order valence-electron chi connectivity index (χ1n) is 7.86. The quantitative estimate of drug-likeness (QED) is 0.274. The molecule has 0 atom stereocenters. The Bertz CT molecular complexity index is 970. The van der Waals surface area contributed by atoms with E-state index in [2.05, 4.69) is 21.0 Å². The number of carbonyl (C=O) groups is 3. The van der Waals surface area contributed by atoms with E-state index in [0.29, 0.717) is 5.69 Å². The van der Waals surface area contributed by atoms with E-state index in [0.717, 1.165) is 6.92 Å². The molecular weight excluding hydrogens is 368 g/mol. The molecule has 0 fully saturated rings. The van der Waals surface area contributed by atoms with Crippen molar-refractivity contribution in [1.82, 2.24) is 0 Å². The minimum absolute atomic E-state index is 0.0224. The number of hydrazone groups is 1. The van der Waals surface area contributed by atoms with Crippen LogP contribution >= 0.6 is 0 Å². The highest BCUT2D eigenvalue weighted by molar-refractivity contribution is 6.67. The zero-order chi connectivity index (χ0) is 20.7. The monoisotopic (exact) mass is 384 g/mol. The van der Waals surface area contributed by atoms with Crippen LogP contribution in [-0.4, -0.2) is 35.6 Å². The second kappa shape index (κ2) is 9.03. The fourth-order valence-electron chi connectivity index (χ4n) is 2.15. The van der Waals surface area contributed by atoms with Gasteiger partial charge in [-0.05, 0) is 35.5 Å². The molecule has 2 aromatic carbocycles. The van der Waals surface area contributed by atoms with Gasteiger partial charge in [-0.25, -0.2) is 4.79 Å². The number of ether oxygens (including phenoxy) is 1. The molecule has 0 bridgehead atoms. The van der Waals surface area contributed by atoms with Crippen molar-refractivity contribution in [3.8, 4) is 5.75 Å². The van der Waals surface area contributed by atoms with Gasteiger partial charge in [-0.15, -0.1) is 4.91 Å². The number of anilines is 2. The van der Waals surface area contributed by atoms with Crippen molar-refractivity contribution in [1.29, 1.82) is 0 Å². The molecule has 0 radical (unpaired) electrons. The molecule has 2 rings (SSSR count). The number of nitroso groups, excluding NO2 is 1. The van der Waals surface area contributed by atoms with Gasteiger partial charge in [0.15, 0.2) is 11.5 Å². The normalized spacial score (nSPS) is 10.7. The van der Waals surface area contributed by atoms with E-state index >= 15 is 0 Å². The summed E-state index contributed by atoms with van der Waals surface area (Å²) in [4.78, 5) is 45.8. The Balaban J connectivity index is 2.24. The standard InChI is InChI=1S/C18H16N4O6/c1-10(23)16(17(24)19-12-5-3-4-11(8-12)18(25)26)21-20-14-7-6-13(22-27)9-15(14)28-2/h3-9,20H,1-2H3,(H,19,24)(H,25,26)/b21-16-. The molecule has 2 aromatic rings. The van der Waals surface area contributed by atoms with Gasteiger partial charge in [-0.3, -0.25) is 15.0 Å². The average molecular weight is 384 g/mol. The number of nitrogens with one attached hydrogen (secondary N) is 2. The van der Waals surface area contributed by atoms with Crippen LogP contribution in [0.3, 0.4) is 0 Å². The Hall–Kier alpha value is -4.08. The van der Waals surface area contributed by atoms with E-state index < -0.39 is 23.4 Å². The molecule has 10 nitrogen and oxygen atoms in total. The summed E-state index contributed by atoms with van der Waals surface area (Å²) in [6, 6.07) is 9.75. The first-order valence-corrected chi connectivity index (χ1v) is 7.86. The zero-order valence-corrected chi connectivity index (χ0v) is 14.9. The van der Waals surface area contributed by atoms with Gasteiger partial charge in [0.1, 0.15) is 11.4 Å². The molecule has 3 N–H and O–H groups in total. The summed E-state index contributed by atoms with van der Waals surface area (Å²) >= 11 is 0. The van der Waals surface area contributed by atoms with Crippen molar-refractivity contribution in [3.05, 3.63) is 52.9 Å². The Labute approximate surface area is 159 Å². The predicted molar refractivity (Wildman–Crippen MR) is 102 cm³/mol. The summed E-state index contributed by atoms with van der Waals surface area (Å²) < 4.78 is 5.10. The van der Waals surface area contributed by atoms with Crippen molar-refractivity contribution in [2.24, 2.45) is 10.3 Å². The lowest BCUT2D eigenvalue weighted by Crippen LogP contribution is -2.29. The molecule has 0 spiro atoms. The average Bonchev–Trinajstić information content (AvgIpc) is 2.68. The maximum absolute atomic E-state index is 12.4. The van der Waals surface area contributed by atoms with Crippen LogP contribution in [0.2, 0.25) is 0 Å². The molecule has 0 unspecified atom stereocenters. The number of hydrogen-bond donors (Lipinski definition) is 3. The van der Waals surface area contributed by atoms with E-state index in [1.807, 2.05) is 0 Å².